The lowest BCUT2D eigenvalue weighted by Crippen LogP contribution is -2.05. The predicted octanol–water partition coefficient (Wildman–Crippen LogP) is 3.17. The average molecular weight is 222 g/mol. The van der Waals surface area contributed by atoms with Crippen LogP contribution in [0.4, 0.5) is 17.6 Å². The molecule has 84 valence electrons. The zero-order valence-corrected chi connectivity index (χ0v) is 8.12. The second-order valence-corrected chi connectivity index (χ2v) is 3.00. The van der Waals surface area contributed by atoms with Gasteiger partial charge in [0.2, 0.25) is 0 Å². The minimum absolute atomic E-state index is 0.303. The molecule has 1 aromatic rings. The van der Waals surface area contributed by atoms with Gasteiger partial charge in [-0.3, -0.25) is 0 Å². The highest BCUT2D eigenvalue weighted by Crippen LogP contribution is 2.19. The standard InChI is InChI=1S/C10H10F4O/c1-2-3-15-5-6-7(11)4-8(12)10(14)9(6)13/h4H,2-3,5H2,1H3. The van der Waals surface area contributed by atoms with Crippen molar-refractivity contribution in [3.05, 3.63) is 34.9 Å². The second-order valence-electron chi connectivity index (χ2n) is 3.00. The molecule has 1 aromatic carbocycles. The van der Waals surface area contributed by atoms with Gasteiger partial charge >= 0.3 is 0 Å². The third kappa shape index (κ3) is 2.68. The summed E-state index contributed by atoms with van der Waals surface area (Å²) in [6.45, 7) is 1.72. The molecule has 5 heteroatoms. The third-order valence-electron chi connectivity index (χ3n) is 1.80. The lowest BCUT2D eigenvalue weighted by molar-refractivity contribution is 0.115. The van der Waals surface area contributed by atoms with E-state index in [1.165, 1.54) is 0 Å². The molecule has 0 N–H and O–H groups in total. The molecule has 0 bridgehead atoms. The van der Waals surface area contributed by atoms with Crippen LogP contribution in [0, 0.1) is 23.3 Å². The van der Waals surface area contributed by atoms with Gasteiger partial charge in [0.25, 0.3) is 0 Å². The summed E-state index contributed by atoms with van der Waals surface area (Å²) >= 11 is 0. The summed E-state index contributed by atoms with van der Waals surface area (Å²) in [6.07, 6.45) is 0.674. The quantitative estimate of drug-likeness (QED) is 0.329. The van der Waals surface area contributed by atoms with E-state index in [1.807, 2.05) is 6.92 Å². The average Bonchev–Trinajstić information content (AvgIpc) is 2.20. The SMILES string of the molecule is CCCOCc1c(F)cc(F)c(F)c1F. The van der Waals surface area contributed by atoms with Crippen LogP contribution in [0.5, 0.6) is 0 Å². The Morgan fingerprint density at radius 1 is 1.07 bits per heavy atom. The van der Waals surface area contributed by atoms with Crippen molar-refractivity contribution < 1.29 is 22.3 Å². The summed E-state index contributed by atoms with van der Waals surface area (Å²) in [6, 6.07) is 0.309. The summed E-state index contributed by atoms with van der Waals surface area (Å²) in [5, 5.41) is 0. The minimum atomic E-state index is -1.67. The fourth-order valence-corrected chi connectivity index (χ4v) is 1.05. The molecule has 0 spiro atoms. The summed E-state index contributed by atoms with van der Waals surface area (Å²) in [5.41, 5.74) is -0.581. The van der Waals surface area contributed by atoms with Crippen LogP contribution in [-0.4, -0.2) is 6.61 Å². The third-order valence-corrected chi connectivity index (χ3v) is 1.80. The van der Waals surface area contributed by atoms with E-state index in [0.717, 1.165) is 0 Å². The van der Waals surface area contributed by atoms with Crippen LogP contribution >= 0.6 is 0 Å². The van der Waals surface area contributed by atoms with Crippen molar-refractivity contribution in [2.24, 2.45) is 0 Å². The molecule has 15 heavy (non-hydrogen) atoms. The minimum Gasteiger partial charge on any atom is -0.377 e. The van der Waals surface area contributed by atoms with Gasteiger partial charge in [0.05, 0.1) is 12.2 Å². The van der Waals surface area contributed by atoms with Gasteiger partial charge in [0, 0.05) is 12.7 Å². The van der Waals surface area contributed by atoms with Gasteiger partial charge in [-0.25, -0.2) is 17.6 Å². The van der Waals surface area contributed by atoms with Crippen LogP contribution in [0.25, 0.3) is 0 Å². The maximum Gasteiger partial charge on any atom is 0.194 e. The lowest BCUT2D eigenvalue weighted by Gasteiger charge is -2.06. The molecule has 1 nitrogen and oxygen atoms in total. The number of hydrogen-bond acceptors (Lipinski definition) is 1. The van der Waals surface area contributed by atoms with Gasteiger partial charge in [0.15, 0.2) is 17.5 Å². The largest absolute Gasteiger partial charge is 0.377 e. The van der Waals surface area contributed by atoms with Crippen LogP contribution < -0.4 is 0 Å². The molecule has 0 fully saturated rings. The number of ether oxygens (including phenoxy) is 1. The van der Waals surface area contributed by atoms with E-state index in [1.54, 1.807) is 0 Å². The molecule has 0 atom stereocenters. The summed E-state index contributed by atoms with van der Waals surface area (Å²) in [4.78, 5) is 0. The summed E-state index contributed by atoms with van der Waals surface area (Å²) < 4.78 is 56.1. The van der Waals surface area contributed by atoms with E-state index < -0.39 is 35.4 Å². The van der Waals surface area contributed by atoms with Crippen molar-refractivity contribution in [1.82, 2.24) is 0 Å². The molecule has 0 heterocycles. The van der Waals surface area contributed by atoms with E-state index >= 15 is 0 Å². The smallest absolute Gasteiger partial charge is 0.194 e. The van der Waals surface area contributed by atoms with Crippen molar-refractivity contribution in [2.75, 3.05) is 6.61 Å². The summed E-state index contributed by atoms with van der Waals surface area (Å²) in [7, 11) is 0. The Morgan fingerprint density at radius 3 is 2.33 bits per heavy atom. The fourth-order valence-electron chi connectivity index (χ4n) is 1.05. The number of hydrogen-bond donors (Lipinski definition) is 0. The van der Waals surface area contributed by atoms with Crippen molar-refractivity contribution in [3.63, 3.8) is 0 Å². The van der Waals surface area contributed by atoms with Crippen LogP contribution in [-0.2, 0) is 11.3 Å². The Bertz CT molecular complexity index is 352. The van der Waals surface area contributed by atoms with Gasteiger partial charge in [-0.05, 0) is 6.42 Å². The first-order valence-electron chi connectivity index (χ1n) is 4.47. The Labute approximate surface area is 84.7 Å². The van der Waals surface area contributed by atoms with Gasteiger partial charge in [0.1, 0.15) is 5.82 Å². The molecule has 0 aliphatic carbocycles. The highest BCUT2D eigenvalue weighted by Gasteiger charge is 2.18. The topological polar surface area (TPSA) is 9.23 Å². The molecule has 0 amide bonds. The van der Waals surface area contributed by atoms with E-state index in [4.69, 9.17) is 4.74 Å². The van der Waals surface area contributed by atoms with E-state index in [-0.39, 0.29) is 0 Å². The van der Waals surface area contributed by atoms with Crippen molar-refractivity contribution in [2.45, 2.75) is 20.0 Å². The Hall–Kier alpha value is -1.10. The van der Waals surface area contributed by atoms with E-state index in [9.17, 15) is 17.6 Å². The van der Waals surface area contributed by atoms with Crippen molar-refractivity contribution in [1.29, 1.82) is 0 Å². The highest BCUT2D eigenvalue weighted by molar-refractivity contribution is 5.21. The molecular weight excluding hydrogens is 212 g/mol. The van der Waals surface area contributed by atoms with Gasteiger partial charge in [-0.15, -0.1) is 0 Å². The zero-order valence-electron chi connectivity index (χ0n) is 8.12. The van der Waals surface area contributed by atoms with E-state index in [2.05, 4.69) is 0 Å². The first-order chi connectivity index (χ1) is 7.07. The predicted molar refractivity (Wildman–Crippen MR) is 46.2 cm³/mol. The van der Waals surface area contributed by atoms with Crippen molar-refractivity contribution in [3.8, 4) is 0 Å². The Balaban J connectivity index is 2.92. The normalized spacial score (nSPS) is 10.7. The van der Waals surface area contributed by atoms with Crippen molar-refractivity contribution >= 4 is 0 Å². The molecule has 1 rings (SSSR count). The van der Waals surface area contributed by atoms with Gasteiger partial charge < -0.3 is 4.74 Å². The number of benzene rings is 1. The first kappa shape index (κ1) is 12.0. The molecule has 0 radical (unpaired) electrons. The van der Waals surface area contributed by atoms with Crippen LogP contribution in [0.3, 0.4) is 0 Å². The Morgan fingerprint density at radius 2 is 1.73 bits per heavy atom. The second kappa shape index (κ2) is 5.11. The fraction of sp³-hybridized carbons (Fsp3) is 0.400. The Kier molecular flexibility index (Phi) is 4.08. The van der Waals surface area contributed by atoms with E-state index in [0.29, 0.717) is 19.1 Å². The summed E-state index contributed by atoms with van der Waals surface area (Å²) in [5.74, 6) is -5.87. The highest BCUT2D eigenvalue weighted by atomic mass is 19.2. The zero-order chi connectivity index (χ0) is 11.4. The molecule has 0 aromatic heterocycles. The van der Waals surface area contributed by atoms with Crippen LogP contribution in [0.1, 0.15) is 18.9 Å². The lowest BCUT2D eigenvalue weighted by atomic mass is 10.2. The maximum atomic E-state index is 13.0. The first-order valence-corrected chi connectivity index (χ1v) is 4.47. The maximum absolute atomic E-state index is 13.0. The molecule has 0 saturated heterocycles. The monoisotopic (exact) mass is 222 g/mol. The van der Waals surface area contributed by atoms with Crippen LogP contribution in [0.15, 0.2) is 6.07 Å². The molecule has 0 aliphatic heterocycles. The molecular formula is C10H10F4O. The van der Waals surface area contributed by atoms with Crippen LogP contribution in [0.2, 0.25) is 0 Å². The van der Waals surface area contributed by atoms with Gasteiger partial charge in [-0.1, -0.05) is 6.92 Å². The number of halogens is 4. The molecule has 0 aliphatic rings. The van der Waals surface area contributed by atoms with Gasteiger partial charge in [-0.2, -0.15) is 0 Å². The number of rotatable bonds is 4. The molecule has 0 saturated carbocycles. The molecule has 0 unspecified atom stereocenters.